The molecular weight excluding hydrogens is 210 g/mol. The van der Waals surface area contributed by atoms with Crippen LogP contribution >= 0.6 is 11.3 Å². The van der Waals surface area contributed by atoms with E-state index in [1.54, 1.807) is 11.3 Å². The summed E-state index contributed by atoms with van der Waals surface area (Å²) in [5.74, 6) is 0.0853. The van der Waals surface area contributed by atoms with E-state index in [1.807, 2.05) is 5.38 Å². The van der Waals surface area contributed by atoms with Crippen LogP contribution < -0.4 is 11.1 Å². The summed E-state index contributed by atoms with van der Waals surface area (Å²) in [6.07, 6.45) is 3.45. The number of aromatic nitrogens is 1. The zero-order valence-corrected chi connectivity index (χ0v) is 9.35. The zero-order valence-electron chi connectivity index (χ0n) is 8.53. The molecule has 82 valence electrons. The van der Waals surface area contributed by atoms with Crippen LogP contribution in [0.25, 0.3) is 0 Å². The highest BCUT2D eigenvalue weighted by molar-refractivity contribution is 7.09. The van der Waals surface area contributed by atoms with Gasteiger partial charge in [-0.1, -0.05) is 0 Å². The van der Waals surface area contributed by atoms with Crippen LogP contribution in [-0.4, -0.2) is 23.5 Å². The van der Waals surface area contributed by atoms with Crippen molar-refractivity contribution in [3.05, 3.63) is 16.1 Å². The first-order valence-electron chi connectivity index (χ1n) is 5.20. The van der Waals surface area contributed by atoms with Gasteiger partial charge in [0.15, 0.2) is 0 Å². The number of thiazole rings is 1. The summed E-state index contributed by atoms with van der Waals surface area (Å²) in [5, 5.41) is 5.91. The van der Waals surface area contributed by atoms with Crippen LogP contribution in [0.1, 0.15) is 23.5 Å². The molecule has 1 aromatic heterocycles. The second-order valence-corrected chi connectivity index (χ2v) is 4.73. The smallest absolute Gasteiger partial charge is 0.226 e. The fourth-order valence-corrected chi connectivity index (χ4v) is 2.15. The fourth-order valence-electron chi connectivity index (χ4n) is 1.34. The van der Waals surface area contributed by atoms with E-state index >= 15 is 0 Å². The first-order valence-corrected chi connectivity index (χ1v) is 6.08. The molecule has 5 heteroatoms. The molecule has 2 rings (SSSR count). The summed E-state index contributed by atoms with van der Waals surface area (Å²) < 4.78 is 0. The van der Waals surface area contributed by atoms with Crippen LogP contribution in [0.5, 0.6) is 0 Å². The maximum atomic E-state index is 11.5. The van der Waals surface area contributed by atoms with Gasteiger partial charge in [0.05, 0.1) is 17.1 Å². The summed E-state index contributed by atoms with van der Waals surface area (Å²) in [4.78, 5) is 15.8. The summed E-state index contributed by atoms with van der Waals surface area (Å²) >= 11 is 1.58. The Morgan fingerprint density at radius 2 is 2.47 bits per heavy atom. The average molecular weight is 225 g/mol. The molecule has 1 saturated carbocycles. The van der Waals surface area contributed by atoms with Crippen molar-refractivity contribution in [1.29, 1.82) is 0 Å². The maximum Gasteiger partial charge on any atom is 0.226 e. The Morgan fingerprint density at radius 3 is 3.13 bits per heavy atom. The van der Waals surface area contributed by atoms with Crippen LogP contribution in [0, 0.1) is 0 Å². The number of nitrogens with two attached hydrogens (primary N) is 1. The van der Waals surface area contributed by atoms with Gasteiger partial charge in [0.25, 0.3) is 0 Å². The number of nitrogens with one attached hydrogen (secondary N) is 1. The molecular formula is C10H15N3OS. The SMILES string of the molecule is NCCc1nc(CC(=O)NC2CC2)cs1. The number of hydrogen-bond donors (Lipinski definition) is 2. The molecule has 1 aliphatic rings. The van der Waals surface area contributed by atoms with Gasteiger partial charge in [-0.05, 0) is 19.4 Å². The highest BCUT2D eigenvalue weighted by Crippen LogP contribution is 2.19. The van der Waals surface area contributed by atoms with Gasteiger partial charge >= 0.3 is 0 Å². The van der Waals surface area contributed by atoms with E-state index in [4.69, 9.17) is 5.73 Å². The van der Waals surface area contributed by atoms with Crippen LogP contribution in [0.4, 0.5) is 0 Å². The lowest BCUT2D eigenvalue weighted by atomic mass is 10.3. The van der Waals surface area contributed by atoms with Gasteiger partial charge < -0.3 is 11.1 Å². The molecule has 0 saturated heterocycles. The number of carbonyl (C=O) groups excluding carboxylic acids is 1. The average Bonchev–Trinajstić information content (AvgIpc) is 2.88. The number of nitrogens with zero attached hydrogens (tertiary/aromatic N) is 1. The number of hydrogen-bond acceptors (Lipinski definition) is 4. The molecule has 0 atom stereocenters. The van der Waals surface area contributed by atoms with Gasteiger partial charge in [-0.15, -0.1) is 11.3 Å². The molecule has 0 bridgehead atoms. The Balaban J connectivity index is 1.83. The molecule has 0 aromatic carbocycles. The van der Waals surface area contributed by atoms with Gasteiger partial charge in [0, 0.05) is 17.8 Å². The molecule has 0 spiro atoms. The number of carbonyl (C=O) groups is 1. The molecule has 1 aromatic rings. The second-order valence-electron chi connectivity index (χ2n) is 3.79. The summed E-state index contributed by atoms with van der Waals surface area (Å²) in [6.45, 7) is 0.612. The van der Waals surface area contributed by atoms with Crippen LogP contribution in [0.2, 0.25) is 0 Å². The van der Waals surface area contributed by atoms with E-state index < -0.39 is 0 Å². The Bertz CT molecular complexity index is 346. The minimum Gasteiger partial charge on any atom is -0.353 e. The maximum absolute atomic E-state index is 11.5. The van der Waals surface area contributed by atoms with E-state index in [2.05, 4.69) is 10.3 Å². The van der Waals surface area contributed by atoms with Gasteiger partial charge in [-0.2, -0.15) is 0 Å². The van der Waals surface area contributed by atoms with E-state index in [0.29, 0.717) is 19.0 Å². The van der Waals surface area contributed by atoms with Crippen LogP contribution in [-0.2, 0) is 17.6 Å². The molecule has 0 aliphatic heterocycles. The minimum absolute atomic E-state index is 0.0853. The summed E-state index contributed by atoms with van der Waals surface area (Å²) in [6, 6.07) is 0.430. The van der Waals surface area contributed by atoms with Crippen molar-refractivity contribution < 1.29 is 4.79 Å². The van der Waals surface area contributed by atoms with E-state index in [-0.39, 0.29) is 5.91 Å². The lowest BCUT2D eigenvalue weighted by Crippen LogP contribution is -2.27. The van der Waals surface area contributed by atoms with E-state index in [9.17, 15) is 4.79 Å². The molecule has 0 radical (unpaired) electrons. The van der Waals surface area contributed by atoms with Crippen LogP contribution in [0.15, 0.2) is 5.38 Å². The first-order chi connectivity index (χ1) is 7.28. The standard InChI is InChI=1S/C10H15N3OS/c11-4-3-10-13-8(6-15-10)5-9(14)12-7-1-2-7/h6-7H,1-5,11H2,(H,12,14). The molecule has 15 heavy (non-hydrogen) atoms. The zero-order chi connectivity index (χ0) is 10.7. The molecule has 0 unspecified atom stereocenters. The summed E-state index contributed by atoms with van der Waals surface area (Å²) in [5.41, 5.74) is 6.30. The van der Waals surface area contributed by atoms with Crippen molar-refractivity contribution in [2.24, 2.45) is 5.73 Å². The second kappa shape index (κ2) is 4.72. The first kappa shape index (κ1) is 10.6. The molecule has 1 fully saturated rings. The van der Waals surface area contributed by atoms with Crippen molar-refractivity contribution in [2.45, 2.75) is 31.7 Å². The predicted octanol–water partition coefficient (Wildman–Crippen LogP) is 0.465. The quantitative estimate of drug-likeness (QED) is 0.765. The highest BCUT2D eigenvalue weighted by Gasteiger charge is 2.23. The van der Waals surface area contributed by atoms with Gasteiger partial charge in [-0.25, -0.2) is 4.98 Å². The van der Waals surface area contributed by atoms with Gasteiger partial charge in [-0.3, -0.25) is 4.79 Å². The lowest BCUT2D eigenvalue weighted by Gasteiger charge is -1.99. The topological polar surface area (TPSA) is 68.0 Å². The van der Waals surface area contributed by atoms with Crippen molar-refractivity contribution in [2.75, 3.05) is 6.54 Å². The third kappa shape index (κ3) is 3.28. The monoisotopic (exact) mass is 225 g/mol. The third-order valence-electron chi connectivity index (χ3n) is 2.24. The molecule has 1 heterocycles. The largest absolute Gasteiger partial charge is 0.353 e. The van der Waals surface area contributed by atoms with Gasteiger partial charge in [0.1, 0.15) is 0 Å². The number of amides is 1. The third-order valence-corrected chi connectivity index (χ3v) is 3.20. The van der Waals surface area contributed by atoms with Crippen LogP contribution in [0.3, 0.4) is 0 Å². The van der Waals surface area contributed by atoms with Crippen molar-refractivity contribution >= 4 is 17.2 Å². The van der Waals surface area contributed by atoms with Crippen molar-refractivity contribution in [3.63, 3.8) is 0 Å². The normalized spacial score (nSPS) is 15.3. The molecule has 3 N–H and O–H groups in total. The molecule has 4 nitrogen and oxygen atoms in total. The van der Waals surface area contributed by atoms with Gasteiger partial charge in [0.2, 0.25) is 5.91 Å². The lowest BCUT2D eigenvalue weighted by molar-refractivity contribution is -0.120. The Morgan fingerprint density at radius 1 is 1.67 bits per heavy atom. The Kier molecular flexibility index (Phi) is 3.33. The molecule has 1 amide bonds. The van der Waals surface area contributed by atoms with E-state index in [0.717, 1.165) is 30.0 Å². The number of rotatable bonds is 5. The van der Waals surface area contributed by atoms with E-state index in [1.165, 1.54) is 0 Å². The van der Waals surface area contributed by atoms with Crippen molar-refractivity contribution in [3.8, 4) is 0 Å². The molecule has 1 aliphatic carbocycles. The Hall–Kier alpha value is -0.940. The predicted molar refractivity (Wildman–Crippen MR) is 59.7 cm³/mol. The minimum atomic E-state index is 0.0853. The van der Waals surface area contributed by atoms with Crippen molar-refractivity contribution in [1.82, 2.24) is 10.3 Å². The highest BCUT2D eigenvalue weighted by atomic mass is 32.1. The summed E-state index contributed by atoms with van der Waals surface area (Å²) in [7, 11) is 0. The Labute approximate surface area is 92.9 Å². The fraction of sp³-hybridized carbons (Fsp3) is 0.600.